The zero-order valence-corrected chi connectivity index (χ0v) is 5.59. The van der Waals surface area contributed by atoms with Crippen molar-refractivity contribution in [3.63, 3.8) is 0 Å². The number of rotatable bonds is 0. The van der Waals surface area contributed by atoms with E-state index in [1.165, 1.54) is 0 Å². The Morgan fingerprint density at radius 2 is 0.600 bits per heavy atom. The fourth-order valence-electron chi connectivity index (χ4n) is 0. The molecule has 0 amide bonds. The molecule has 0 rings (SSSR count). The third kappa shape index (κ3) is 99.8. The molecule has 0 aromatic heterocycles. The van der Waals surface area contributed by atoms with E-state index in [1.54, 1.807) is 0 Å². The predicted molar refractivity (Wildman–Crippen MR) is 17.3 cm³/mol. The van der Waals surface area contributed by atoms with Gasteiger partial charge in [-0.15, -0.1) is 0 Å². The van der Waals surface area contributed by atoms with Gasteiger partial charge in [0, 0.05) is 20.4 Å². The van der Waals surface area contributed by atoms with E-state index in [4.69, 9.17) is 0 Å². The fraction of sp³-hybridized carbons (Fsp3) is 0. The minimum absolute atomic E-state index is 0. The Morgan fingerprint density at radius 3 is 0.600 bits per heavy atom. The molecule has 0 saturated carbocycles. The molecule has 0 aliphatic rings. The second kappa shape index (κ2) is 194. The molecule has 3 nitrogen and oxygen atoms in total. The molecule has 0 aliphatic carbocycles. The summed E-state index contributed by atoms with van der Waals surface area (Å²) in [5.74, 6) is 0. The van der Waals surface area contributed by atoms with Gasteiger partial charge in [0.1, 0.15) is 0 Å². The van der Waals surface area contributed by atoms with Crippen LogP contribution in [0, 0.1) is 7.43 Å². The van der Waals surface area contributed by atoms with Crippen molar-refractivity contribution in [3.05, 3.63) is 7.43 Å². The second-order valence-electron chi connectivity index (χ2n) is 0. The van der Waals surface area contributed by atoms with Crippen molar-refractivity contribution in [2.24, 2.45) is 0 Å². The van der Waals surface area contributed by atoms with Gasteiger partial charge in [-0.05, 0) is 0 Å². The quantitative estimate of drug-likeness (QED) is 0.447. The first kappa shape index (κ1) is 389. The van der Waals surface area contributed by atoms with Gasteiger partial charge in [-0.25, -0.2) is 0 Å². The average Bonchev–Trinajstić information content (AvgIpc) is 0. The van der Waals surface area contributed by atoms with E-state index < -0.39 is 0 Å². The average molecular weight is 255 g/mol. The molecule has 39 valence electrons. The Bertz CT molecular complexity index is 6.85. The molecule has 4 heteroatoms. The maximum absolute atomic E-state index is 0. The topological polar surface area (TPSA) is 94.5 Å². The Kier molecular flexibility index (Phi) is 15100. The molecule has 1 radical (unpaired) electrons. The van der Waals surface area contributed by atoms with Gasteiger partial charge >= 0.3 is 0 Å². The molecule has 0 fully saturated rings. The van der Waals surface area contributed by atoms with Gasteiger partial charge in [0.15, 0.2) is 0 Å². The van der Waals surface area contributed by atoms with E-state index in [0.29, 0.717) is 0 Å². The standard InChI is InChI=1S/CH3.3H2O.Re/h1H3;3*1H2;/q-1;;;;. The maximum atomic E-state index is 0. The smallest absolute Gasteiger partial charge is 0 e. The molecule has 0 aromatic rings. The summed E-state index contributed by atoms with van der Waals surface area (Å²) in [6.07, 6.45) is 0. The zero-order valence-electron chi connectivity index (χ0n) is 2.88. The molecule has 0 spiro atoms. The molecule has 0 unspecified atom stereocenters. The number of hydrogen-bond donors (Lipinski definition) is 0. The Labute approximate surface area is 45.0 Å². The molecule has 0 aromatic carbocycles. The van der Waals surface area contributed by atoms with Crippen molar-refractivity contribution in [1.29, 1.82) is 0 Å². The molecule has 0 heterocycles. The first-order valence-corrected chi connectivity index (χ1v) is 0. The molecule has 5 heavy (non-hydrogen) atoms. The fourth-order valence-corrected chi connectivity index (χ4v) is 0. The minimum Gasteiger partial charge on any atom is -0.412 e. The van der Waals surface area contributed by atoms with Crippen molar-refractivity contribution in [2.75, 3.05) is 0 Å². The van der Waals surface area contributed by atoms with Gasteiger partial charge in [0.05, 0.1) is 0 Å². The van der Waals surface area contributed by atoms with Crippen molar-refractivity contribution < 1.29 is 36.9 Å². The van der Waals surface area contributed by atoms with Gasteiger partial charge in [0.2, 0.25) is 0 Å². The number of hydrogen-bond acceptors (Lipinski definition) is 0. The summed E-state index contributed by atoms with van der Waals surface area (Å²) in [5.41, 5.74) is 0. The van der Waals surface area contributed by atoms with Gasteiger partial charge in [-0.1, -0.05) is 0 Å². The van der Waals surface area contributed by atoms with Crippen LogP contribution in [0.15, 0.2) is 0 Å². The van der Waals surface area contributed by atoms with Gasteiger partial charge in [0.25, 0.3) is 0 Å². The van der Waals surface area contributed by atoms with Crippen LogP contribution in [0.2, 0.25) is 0 Å². The summed E-state index contributed by atoms with van der Waals surface area (Å²) in [5, 5.41) is 0. The SMILES string of the molecule is O.O.O.[CH3-].[Re]. The van der Waals surface area contributed by atoms with Gasteiger partial charge in [-0.2, -0.15) is 0 Å². The first-order valence-electron chi connectivity index (χ1n) is 0. The minimum atomic E-state index is 0. The second-order valence-corrected chi connectivity index (χ2v) is 0. The van der Waals surface area contributed by atoms with Crippen molar-refractivity contribution in [2.45, 2.75) is 0 Å². The summed E-state index contributed by atoms with van der Waals surface area (Å²) >= 11 is 0. The third-order valence-corrected chi connectivity index (χ3v) is 0. The first-order chi connectivity index (χ1) is 0. The van der Waals surface area contributed by atoms with Crippen LogP contribution in [0.4, 0.5) is 0 Å². The molecule has 0 aliphatic heterocycles. The van der Waals surface area contributed by atoms with Crippen LogP contribution >= 0.6 is 0 Å². The summed E-state index contributed by atoms with van der Waals surface area (Å²) < 4.78 is 0. The Morgan fingerprint density at radius 1 is 0.600 bits per heavy atom. The van der Waals surface area contributed by atoms with E-state index in [9.17, 15) is 0 Å². The van der Waals surface area contributed by atoms with Crippen molar-refractivity contribution in [1.82, 2.24) is 0 Å². The predicted octanol–water partition coefficient (Wildman–Crippen LogP) is -2.03. The molecule has 6 N–H and O–H groups in total. The van der Waals surface area contributed by atoms with Crippen LogP contribution in [-0.2, 0) is 20.4 Å². The van der Waals surface area contributed by atoms with E-state index in [0.717, 1.165) is 0 Å². The molecule has 0 saturated heterocycles. The monoisotopic (exact) mass is 256 g/mol. The van der Waals surface area contributed by atoms with Crippen molar-refractivity contribution >= 4 is 0 Å². The molecule has 0 atom stereocenters. The third-order valence-electron chi connectivity index (χ3n) is 0. The van der Waals surface area contributed by atoms with Crippen LogP contribution in [-0.4, -0.2) is 16.4 Å². The summed E-state index contributed by atoms with van der Waals surface area (Å²) in [7, 11) is 0. The van der Waals surface area contributed by atoms with E-state index in [1.807, 2.05) is 0 Å². The normalized spacial score (nSPS) is 0. The summed E-state index contributed by atoms with van der Waals surface area (Å²) in [6, 6.07) is 0. The van der Waals surface area contributed by atoms with Crippen LogP contribution in [0.3, 0.4) is 0 Å². The van der Waals surface area contributed by atoms with E-state index in [2.05, 4.69) is 0 Å². The molecular weight excluding hydrogens is 246 g/mol. The van der Waals surface area contributed by atoms with Gasteiger partial charge < -0.3 is 23.9 Å². The van der Waals surface area contributed by atoms with Crippen LogP contribution in [0.5, 0.6) is 0 Å². The Hall–Kier alpha value is 0.542. The molecular formula is CH9O3Re-. The van der Waals surface area contributed by atoms with Crippen LogP contribution < -0.4 is 0 Å². The van der Waals surface area contributed by atoms with Gasteiger partial charge in [-0.3, -0.25) is 0 Å². The molecule has 0 bridgehead atoms. The maximum Gasteiger partial charge on any atom is 0 e. The zero-order chi connectivity index (χ0) is 0. The van der Waals surface area contributed by atoms with Crippen LogP contribution in [0.1, 0.15) is 0 Å². The van der Waals surface area contributed by atoms with E-state index in [-0.39, 0.29) is 44.3 Å². The summed E-state index contributed by atoms with van der Waals surface area (Å²) in [4.78, 5) is 0. The van der Waals surface area contributed by atoms with E-state index >= 15 is 0 Å². The summed E-state index contributed by atoms with van der Waals surface area (Å²) in [6.45, 7) is 0. The largest absolute Gasteiger partial charge is 0.412 e. The Balaban J connectivity index is 0. The van der Waals surface area contributed by atoms with Crippen molar-refractivity contribution in [3.8, 4) is 0 Å². The van der Waals surface area contributed by atoms with Crippen LogP contribution in [0.25, 0.3) is 0 Å².